The molecule has 13 heteroatoms. The SMILES string of the molecule is COC(=O)CCCCN1C(=O)[C@]2(O[C@H](CC(=O)N3CCC[C@H]3CO)[C@@H]([Si](C)(C)O)[C@@H]2C)c2cc(N3C(=O)COc4ccccc43)ccc21. The number of nitrogens with zero attached hydrogens (tertiary/aromatic N) is 3. The predicted octanol–water partition coefficient (Wildman–Crippen LogP) is 3.60. The van der Waals surface area contributed by atoms with Crippen LogP contribution in [0.3, 0.4) is 0 Å². The summed E-state index contributed by atoms with van der Waals surface area (Å²) >= 11 is 0. The van der Waals surface area contributed by atoms with Crippen LogP contribution >= 0.6 is 0 Å². The van der Waals surface area contributed by atoms with Crippen molar-refractivity contribution < 1.29 is 43.3 Å². The van der Waals surface area contributed by atoms with E-state index in [4.69, 9.17) is 14.2 Å². The van der Waals surface area contributed by atoms with E-state index in [0.29, 0.717) is 54.3 Å². The van der Waals surface area contributed by atoms with Gasteiger partial charge in [-0.2, -0.15) is 0 Å². The van der Waals surface area contributed by atoms with Crippen LogP contribution in [0, 0.1) is 5.92 Å². The third kappa shape index (κ3) is 5.80. The fraction of sp³-hybridized carbons (Fsp3) is 0.543. The first kappa shape index (κ1) is 34.1. The third-order valence-corrected chi connectivity index (χ3v) is 13.0. The van der Waals surface area contributed by atoms with Gasteiger partial charge >= 0.3 is 5.97 Å². The number of fused-ring (bicyclic) bond motifs is 3. The lowest BCUT2D eigenvalue weighted by Crippen LogP contribution is -2.46. The summed E-state index contributed by atoms with van der Waals surface area (Å²) in [5.41, 5.74) is 0.348. The van der Waals surface area contributed by atoms with Gasteiger partial charge in [-0.25, -0.2) is 0 Å². The maximum absolute atomic E-state index is 14.8. The molecule has 258 valence electrons. The molecule has 0 saturated carbocycles. The maximum Gasteiger partial charge on any atom is 0.305 e. The fourth-order valence-electron chi connectivity index (χ4n) is 8.30. The standard InChI is InChI=1S/C35H45N3O9Si/c1-22-33(48(3,4)44)29(19-30(40)36-17-9-10-24(36)20-39)47-35(22)25-18-23(38-27-11-5-6-12-28(27)46-21-31(38)41)14-15-26(25)37(34(35)43)16-8-7-13-32(42)45-2/h5-6,11-12,14-15,18,22,24,29,33,39,44H,7-10,13,16-17,19-21H2,1-4H3/t22-,24-,29+,33-,35+/m0/s1. The lowest BCUT2D eigenvalue weighted by Gasteiger charge is -2.33. The molecule has 0 bridgehead atoms. The Hall–Kier alpha value is -3.78. The van der Waals surface area contributed by atoms with Crippen LogP contribution in [0.2, 0.25) is 18.6 Å². The highest BCUT2D eigenvalue weighted by atomic mass is 28.4. The summed E-state index contributed by atoms with van der Waals surface area (Å²) in [5.74, 6) is -0.986. The molecule has 0 aromatic heterocycles. The van der Waals surface area contributed by atoms with Crippen molar-refractivity contribution in [3.8, 4) is 5.75 Å². The van der Waals surface area contributed by atoms with E-state index in [9.17, 15) is 29.1 Å². The van der Waals surface area contributed by atoms with E-state index in [1.165, 1.54) is 7.11 Å². The van der Waals surface area contributed by atoms with Gasteiger partial charge < -0.3 is 33.9 Å². The van der Waals surface area contributed by atoms with E-state index >= 15 is 0 Å². The minimum absolute atomic E-state index is 0.0268. The average Bonchev–Trinajstić information content (AvgIpc) is 3.72. The van der Waals surface area contributed by atoms with Crippen LogP contribution < -0.4 is 14.5 Å². The number of likely N-dealkylation sites (tertiary alicyclic amines) is 1. The molecule has 48 heavy (non-hydrogen) atoms. The van der Waals surface area contributed by atoms with Crippen LogP contribution in [0.15, 0.2) is 42.5 Å². The molecule has 2 N–H and O–H groups in total. The molecule has 1 spiro atoms. The van der Waals surface area contributed by atoms with Gasteiger partial charge in [-0.05, 0) is 69.1 Å². The van der Waals surface area contributed by atoms with Crippen molar-refractivity contribution in [2.75, 3.05) is 43.2 Å². The number of benzene rings is 2. The molecule has 4 heterocycles. The third-order valence-electron chi connectivity index (χ3n) is 10.5. The first-order valence-corrected chi connectivity index (χ1v) is 19.8. The number of esters is 1. The van der Waals surface area contributed by atoms with Crippen molar-refractivity contribution in [3.63, 3.8) is 0 Å². The number of aliphatic hydroxyl groups is 1. The normalized spacial score (nSPS) is 26.6. The van der Waals surface area contributed by atoms with Gasteiger partial charge in [-0.3, -0.25) is 24.1 Å². The van der Waals surface area contributed by atoms with E-state index in [0.717, 1.165) is 12.8 Å². The number of hydrogen-bond acceptors (Lipinski definition) is 9. The highest BCUT2D eigenvalue weighted by molar-refractivity contribution is 6.71. The highest BCUT2D eigenvalue weighted by Gasteiger charge is 2.66. The Morgan fingerprint density at radius 2 is 1.88 bits per heavy atom. The topological polar surface area (TPSA) is 146 Å². The molecule has 0 aliphatic carbocycles. The minimum Gasteiger partial charge on any atom is -0.482 e. The van der Waals surface area contributed by atoms with Gasteiger partial charge in [0, 0.05) is 42.2 Å². The predicted molar refractivity (Wildman–Crippen MR) is 179 cm³/mol. The Kier molecular flexibility index (Phi) is 9.42. The van der Waals surface area contributed by atoms with Crippen molar-refractivity contribution >= 4 is 49.1 Å². The van der Waals surface area contributed by atoms with Crippen LogP contribution in [0.4, 0.5) is 17.1 Å². The van der Waals surface area contributed by atoms with Crippen LogP contribution in [0.1, 0.15) is 51.0 Å². The number of carbonyl (C=O) groups excluding carboxylic acids is 4. The van der Waals surface area contributed by atoms with Crippen molar-refractivity contribution in [1.29, 1.82) is 0 Å². The van der Waals surface area contributed by atoms with Crippen LogP contribution in [-0.2, 0) is 34.3 Å². The lowest BCUT2D eigenvalue weighted by molar-refractivity contribution is -0.150. The largest absolute Gasteiger partial charge is 0.482 e. The number of unbranched alkanes of at least 4 members (excludes halogenated alkanes) is 1. The minimum atomic E-state index is -3.05. The van der Waals surface area contributed by atoms with Gasteiger partial charge in [0.2, 0.25) is 5.91 Å². The Morgan fingerprint density at radius 1 is 1.10 bits per heavy atom. The molecule has 2 aromatic rings. The first-order chi connectivity index (χ1) is 22.9. The second kappa shape index (κ2) is 13.3. The number of methoxy groups -OCH3 is 1. The van der Waals surface area contributed by atoms with E-state index < -0.39 is 31.5 Å². The Bertz CT molecular complexity index is 1600. The zero-order valence-corrected chi connectivity index (χ0v) is 29.0. The smallest absolute Gasteiger partial charge is 0.305 e. The Morgan fingerprint density at radius 3 is 2.60 bits per heavy atom. The molecule has 0 unspecified atom stereocenters. The monoisotopic (exact) mass is 679 g/mol. The van der Waals surface area contributed by atoms with E-state index in [-0.39, 0.29) is 55.8 Å². The van der Waals surface area contributed by atoms with Crippen molar-refractivity contribution in [1.82, 2.24) is 4.90 Å². The molecule has 2 aromatic carbocycles. The first-order valence-electron chi connectivity index (χ1n) is 16.8. The van der Waals surface area contributed by atoms with Gasteiger partial charge in [0.15, 0.2) is 20.5 Å². The summed E-state index contributed by atoms with van der Waals surface area (Å²) in [6, 6.07) is 12.5. The molecule has 5 atom stereocenters. The quantitative estimate of drug-likeness (QED) is 0.219. The number of rotatable bonds is 10. The average molecular weight is 680 g/mol. The van der Waals surface area contributed by atoms with Gasteiger partial charge in [-0.15, -0.1) is 0 Å². The molecule has 2 saturated heterocycles. The number of amides is 3. The fourth-order valence-corrected chi connectivity index (χ4v) is 10.9. The highest BCUT2D eigenvalue weighted by Crippen LogP contribution is 2.60. The second-order valence-electron chi connectivity index (χ2n) is 13.8. The second-order valence-corrected chi connectivity index (χ2v) is 17.8. The molecular weight excluding hydrogens is 634 g/mol. The number of aliphatic hydroxyl groups excluding tert-OH is 1. The number of anilines is 3. The summed E-state index contributed by atoms with van der Waals surface area (Å²) < 4.78 is 17.4. The Labute approximate surface area is 281 Å². The molecule has 3 amide bonds. The summed E-state index contributed by atoms with van der Waals surface area (Å²) in [6.07, 6.45) is 2.03. The summed E-state index contributed by atoms with van der Waals surface area (Å²) in [5, 5.41) is 9.89. The van der Waals surface area contributed by atoms with Gasteiger partial charge in [0.05, 0.1) is 43.7 Å². The van der Waals surface area contributed by atoms with Crippen molar-refractivity contribution in [2.45, 2.75) is 81.8 Å². The van der Waals surface area contributed by atoms with Crippen LogP contribution in [0.5, 0.6) is 5.75 Å². The van der Waals surface area contributed by atoms with Crippen LogP contribution in [-0.4, -0.2) is 92.4 Å². The van der Waals surface area contributed by atoms with Crippen molar-refractivity contribution in [3.05, 3.63) is 48.0 Å². The lowest BCUT2D eigenvalue weighted by atomic mass is 9.82. The molecular formula is C35H45N3O9Si. The zero-order valence-electron chi connectivity index (χ0n) is 28.0. The zero-order chi connectivity index (χ0) is 34.4. The number of para-hydroxylation sites is 2. The molecule has 6 rings (SSSR count). The van der Waals surface area contributed by atoms with Crippen molar-refractivity contribution in [2.24, 2.45) is 5.92 Å². The molecule has 12 nitrogen and oxygen atoms in total. The van der Waals surface area contributed by atoms with E-state index in [2.05, 4.69) is 0 Å². The van der Waals surface area contributed by atoms with Gasteiger partial charge in [0.25, 0.3) is 11.8 Å². The van der Waals surface area contributed by atoms with Gasteiger partial charge in [-0.1, -0.05) is 19.1 Å². The molecule has 2 fully saturated rings. The van der Waals surface area contributed by atoms with Crippen LogP contribution in [0.25, 0.3) is 0 Å². The molecule has 4 aliphatic rings. The van der Waals surface area contributed by atoms with E-state index in [1.807, 2.05) is 44.3 Å². The number of carbonyl (C=O) groups is 4. The summed E-state index contributed by atoms with van der Waals surface area (Å²) in [4.78, 5) is 70.2. The Balaban J connectivity index is 1.41. The molecule has 4 aliphatic heterocycles. The molecule has 0 radical (unpaired) electrons. The maximum atomic E-state index is 14.8. The van der Waals surface area contributed by atoms with E-state index in [1.54, 1.807) is 32.9 Å². The summed E-state index contributed by atoms with van der Waals surface area (Å²) in [7, 11) is -1.70. The number of ether oxygens (including phenoxy) is 3. The summed E-state index contributed by atoms with van der Waals surface area (Å²) in [6.45, 7) is 6.14. The van der Waals surface area contributed by atoms with Gasteiger partial charge in [0.1, 0.15) is 5.75 Å². The number of hydrogen-bond donors (Lipinski definition) is 2.